The van der Waals surface area contributed by atoms with E-state index in [4.69, 9.17) is 5.11 Å². The molecule has 0 aromatic carbocycles. The van der Waals surface area contributed by atoms with Gasteiger partial charge in [-0.2, -0.15) is 0 Å². The molecule has 1 fully saturated rings. The monoisotopic (exact) mass is 367 g/mol. The van der Waals surface area contributed by atoms with E-state index in [-0.39, 0.29) is 24.4 Å². The third-order valence-corrected chi connectivity index (χ3v) is 5.65. The maximum absolute atomic E-state index is 12.7. The summed E-state index contributed by atoms with van der Waals surface area (Å²) in [6.45, 7) is 6.32. The molecule has 0 bridgehead atoms. The minimum atomic E-state index is -1.02. The normalized spacial score (nSPS) is 18.1. The highest BCUT2D eigenvalue weighted by atomic mass is 32.1. The summed E-state index contributed by atoms with van der Waals surface area (Å²) < 4.78 is 0. The molecule has 2 rings (SSSR count). The van der Waals surface area contributed by atoms with Crippen molar-refractivity contribution in [2.45, 2.75) is 52.0 Å². The van der Waals surface area contributed by atoms with Crippen LogP contribution >= 0.6 is 11.3 Å². The zero-order valence-corrected chi connectivity index (χ0v) is 15.7. The van der Waals surface area contributed by atoms with E-state index in [1.165, 1.54) is 23.2 Å². The Kier molecular flexibility index (Phi) is 6.52. The first-order valence-electron chi connectivity index (χ1n) is 8.53. The van der Waals surface area contributed by atoms with Gasteiger partial charge in [-0.3, -0.25) is 14.4 Å². The van der Waals surface area contributed by atoms with Crippen molar-refractivity contribution < 1.29 is 19.5 Å². The molecule has 0 radical (unpaired) electrons. The van der Waals surface area contributed by atoms with E-state index >= 15 is 0 Å². The van der Waals surface area contributed by atoms with Crippen molar-refractivity contribution in [2.75, 3.05) is 19.6 Å². The van der Waals surface area contributed by atoms with Crippen LogP contribution in [0, 0.1) is 0 Å². The molecular weight excluding hydrogens is 342 g/mol. The van der Waals surface area contributed by atoms with E-state index in [0.717, 1.165) is 11.4 Å². The van der Waals surface area contributed by atoms with Crippen LogP contribution in [0.25, 0.3) is 0 Å². The molecule has 1 aromatic rings. The maximum atomic E-state index is 12.7. The average Bonchev–Trinajstić information content (AvgIpc) is 2.91. The molecule has 138 valence electrons. The summed E-state index contributed by atoms with van der Waals surface area (Å²) in [5.41, 5.74) is 0. The Morgan fingerprint density at radius 2 is 2.08 bits per heavy atom. The number of carbonyl (C=O) groups excluding carboxylic acids is 2. The van der Waals surface area contributed by atoms with E-state index in [1.807, 2.05) is 13.8 Å². The van der Waals surface area contributed by atoms with Crippen molar-refractivity contribution >= 4 is 29.1 Å². The van der Waals surface area contributed by atoms with Crippen LogP contribution < -0.4 is 0 Å². The lowest BCUT2D eigenvalue weighted by Crippen LogP contribution is -2.43. The average molecular weight is 367 g/mol. The fraction of sp³-hybridized carbons (Fsp3) is 0.647. The van der Waals surface area contributed by atoms with Gasteiger partial charge in [0.2, 0.25) is 5.91 Å². The molecule has 0 saturated carbocycles. The van der Waals surface area contributed by atoms with Gasteiger partial charge in [-0.15, -0.1) is 11.3 Å². The topological polar surface area (TPSA) is 90.8 Å². The molecule has 1 aliphatic heterocycles. The Balaban J connectivity index is 2.03. The first-order valence-corrected chi connectivity index (χ1v) is 9.35. The second-order valence-electron chi connectivity index (χ2n) is 6.64. The number of carboxylic acid groups (broad SMARTS) is 1. The molecule has 1 N–H and O–H groups in total. The molecule has 1 unspecified atom stereocenters. The van der Waals surface area contributed by atoms with E-state index in [9.17, 15) is 14.4 Å². The van der Waals surface area contributed by atoms with Gasteiger partial charge < -0.3 is 14.9 Å². The Labute approximate surface area is 151 Å². The Morgan fingerprint density at radius 3 is 2.64 bits per heavy atom. The number of rotatable bonds is 5. The summed E-state index contributed by atoms with van der Waals surface area (Å²) >= 11 is 1.43. The van der Waals surface area contributed by atoms with Gasteiger partial charge in [-0.05, 0) is 19.3 Å². The number of hydrogen-bond acceptors (Lipinski definition) is 5. The molecule has 1 aromatic heterocycles. The predicted octanol–water partition coefficient (Wildman–Crippen LogP) is 2.19. The smallest absolute Gasteiger partial charge is 0.323 e. The lowest BCUT2D eigenvalue weighted by Gasteiger charge is -2.28. The van der Waals surface area contributed by atoms with E-state index in [1.54, 1.807) is 11.1 Å². The third kappa shape index (κ3) is 5.01. The number of aromatic nitrogens is 1. The Hall–Kier alpha value is -1.96. The van der Waals surface area contributed by atoms with Crippen LogP contribution in [0.5, 0.6) is 0 Å². The summed E-state index contributed by atoms with van der Waals surface area (Å²) in [5.74, 6) is -0.993. The first kappa shape index (κ1) is 19.4. The minimum Gasteiger partial charge on any atom is -0.480 e. The standard InChI is InChI=1S/C17H25N3O4S/c1-11(2)16-18-9-14(25-16)17(24)19-7-4-5-13(6-8-19)20(12(3)21)10-15(22)23/h9,11,13H,4-8,10H2,1-3H3,(H,22,23). The Morgan fingerprint density at radius 1 is 1.36 bits per heavy atom. The summed E-state index contributed by atoms with van der Waals surface area (Å²) in [6.07, 6.45) is 3.68. The predicted molar refractivity (Wildman–Crippen MR) is 94.8 cm³/mol. The molecule has 1 aliphatic rings. The maximum Gasteiger partial charge on any atom is 0.323 e. The van der Waals surface area contributed by atoms with Gasteiger partial charge in [0.1, 0.15) is 11.4 Å². The third-order valence-electron chi connectivity index (χ3n) is 4.36. The summed E-state index contributed by atoms with van der Waals surface area (Å²) in [5, 5.41) is 9.95. The van der Waals surface area contributed by atoms with Gasteiger partial charge in [0.15, 0.2) is 0 Å². The van der Waals surface area contributed by atoms with Crippen molar-refractivity contribution in [2.24, 2.45) is 0 Å². The number of hydrogen-bond donors (Lipinski definition) is 1. The molecule has 8 heteroatoms. The van der Waals surface area contributed by atoms with E-state index in [0.29, 0.717) is 36.7 Å². The largest absolute Gasteiger partial charge is 0.480 e. The number of thiazole rings is 1. The van der Waals surface area contributed by atoms with Gasteiger partial charge in [0, 0.05) is 32.0 Å². The van der Waals surface area contributed by atoms with Gasteiger partial charge in [-0.25, -0.2) is 4.98 Å². The van der Waals surface area contributed by atoms with Crippen molar-refractivity contribution in [3.8, 4) is 0 Å². The summed E-state index contributed by atoms with van der Waals surface area (Å²) in [4.78, 5) is 43.6. The number of carbonyl (C=O) groups is 3. The second-order valence-corrected chi connectivity index (χ2v) is 7.70. The first-order chi connectivity index (χ1) is 11.8. The summed E-state index contributed by atoms with van der Waals surface area (Å²) in [6, 6.07) is -0.140. The van der Waals surface area contributed by atoms with Gasteiger partial charge >= 0.3 is 5.97 Å². The van der Waals surface area contributed by atoms with Crippen LogP contribution in [0.4, 0.5) is 0 Å². The molecule has 25 heavy (non-hydrogen) atoms. The highest BCUT2D eigenvalue weighted by molar-refractivity contribution is 7.13. The van der Waals surface area contributed by atoms with Crippen LogP contribution in [0.1, 0.15) is 60.6 Å². The Bertz CT molecular complexity index is 644. The number of aliphatic carboxylic acids is 1. The highest BCUT2D eigenvalue weighted by Crippen LogP contribution is 2.24. The molecule has 7 nitrogen and oxygen atoms in total. The fourth-order valence-corrected chi connectivity index (χ4v) is 3.93. The van der Waals surface area contributed by atoms with Gasteiger partial charge in [-0.1, -0.05) is 13.8 Å². The lowest BCUT2D eigenvalue weighted by atomic mass is 10.1. The fourth-order valence-electron chi connectivity index (χ4n) is 3.05. The molecular formula is C17H25N3O4S. The molecule has 0 aliphatic carbocycles. The van der Waals surface area contributed by atoms with E-state index in [2.05, 4.69) is 4.98 Å². The quantitative estimate of drug-likeness (QED) is 0.861. The zero-order valence-electron chi connectivity index (χ0n) is 14.9. The highest BCUT2D eigenvalue weighted by Gasteiger charge is 2.28. The minimum absolute atomic E-state index is 0.0299. The second kappa shape index (κ2) is 8.42. The molecule has 1 saturated heterocycles. The number of amides is 2. The van der Waals surface area contributed by atoms with Crippen molar-refractivity contribution in [1.29, 1.82) is 0 Å². The van der Waals surface area contributed by atoms with Crippen LogP contribution in [0.3, 0.4) is 0 Å². The van der Waals surface area contributed by atoms with Gasteiger partial charge in [0.05, 0.1) is 11.2 Å². The SMILES string of the molecule is CC(=O)N(CC(=O)O)C1CCCN(C(=O)c2cnc(C(C)C)s2)CC1. The van der Waals surface area contributed by atoms with Crippen molar-refractivity contribution in [3.63, 3.8) is 0 Å². The molecule has 2 amide bonds. The molecule has 2 heterocycles. The van der Waals surface area contributed by atoms with Crippen LogP contribution in [-0.4, -0.2) is 63.4 Å². The van der Waals surface area contributed by atoms with E-state index < -0.39 is 5.97 Å². The molecule has 1 atom stereocenters. The lowest BCUT2D eigenvalue weighted by molar-refractivity contribution is -0.145. The van der Waals surface area contributed by atoms with Crippen molar-refractivity contribution in [3.05, 3.63) is 16.1 Å². The molecule has 0 spiro atoms. The summed E-state index contributed by atoms with van der Waals surface area (Å²) in [7, 11) is 0. The van der Waals surface area contributed by atoms with Crippen LogP contribution in [0.15, 0.2) is 6.20 Å². The number of likely N-dealkylation sites (tertiary alicyclic amines) is 1. The van der Waals surface area contributed by atoms with Crippen LogP contribution in [-0.2, 0) is 9.59 Å². The number of carboxylic acids is 1. The van der Waals surface area contributed by atoms with Crippen molar-refractivity contribution in [1.82, 2.24) is 14.8 Å². The zero-order chi connectivity index (χ0) is 18.6. The van der Waals surface area contributed by atoms with Crippen LogP contribution in [0.2, 0.25) is 0 Å². The van der Waals surface area contributed by atoms with Gasteiger partial charge in [0.25, 0.3) is 5.91 Å². The number of nitrogens with zero attached hydrogens (tertiary/aromatic N) is 3.